The van der Waals surface area contributed by atoms with Crippen LogP contribution in [0.5, 0.6) is 0 Å². The molecule has 0 saturated heterocycles. The van der Waals surface area contributed by atoms with Gasteiger partial charge in [-0.15, -0.1) is 0 Å². The lowest BCUT2D eigenvalue weighted by molar-refractivity contribution is -0.122. The summed E-state index contributed by atoms with van der Waals surface area (Å²) in [7, 11) is 0. The molecule has 0 aromatic carbocycles. The van der Waals surface area contributed by atoms with E-state index in [9.17, 15) is 24.8 Å². The maximum atomic E-state index is 12.5. The molecule has 424 valence electrons. The number of rotatable bonds is 56. The van der Waals surface area contributed by atoms with Gasteiger partial charge in [0, 0.05) is 32.4 Å². The van der Waals surface area contributed by atoms with Crippen LogP contribution in [-0.4, -0.2) is 236 Å². The Hall–Kier alpha value is -3.01. The second kappa shape index (κ2) is 50.2. The lowest BCUT2D eigenvalue weighted by atomic mass is 9.94. The van der Waals surface area contributed by atoms with Crippen LogP contribution in [0.2, 0.25) is 0 Å². The summed E-state index contributed by atoms with van der Waals surface area (Å²) in [6.45, 7) is 24.7. The van der Waals surface area contributed by atoms with E-state index in [2.05, 4.69) is 31.6 Å². The molecule has 2 amide bonds. The van der Waals surface area contributed by atoms with Crippen molar-refractivity contribution >= 4 is 29.5 Å². The van der Waals surface area contributed by atoms with Crippen LogP contribution in [0.15, 0.2) is 10.3 Å². The van der Waals surface area contributed by atoms with E-state index in [1.807, 2.05) is 27.7 Å². The van der Waals surface area contributed by atoms with E-state index in [0.29, 0.717) is 215 Å². The second-order valence-corrected chi connectivity index (χ2v) is 17.6. The first-order chi connectivity index (χ1) is 34.9. The zero-order valence-corrected chi connectivity index (χ0v) is 44.8. The molecule has 0 atom stereocenters. The van der Waals surface area contributed by atoms with Gasteiger partial charge in [-0.25, -0.2) is 0 Å². The van der Waals surface area contributed by atoms with Gasteiger partial charge >= 0.3 is 0 Å². The summed E-state index contributed by atoms with van der Waals surface area (Å²) in [5.74, 6) is 0.0800. The van der Waals surface area contributed by atoms with Crippen LogP contribution >= 0.6 is 0 Å². The van der Waals surface area contributed by atoms with E-state index in [-0.39, 0.29) is 24.7 Å². The molecular weight excluding hydrogens is 945 g/mol. The number of carbonyl (C=O) groups excluding carboxylic acids is 3. The summed E-state index contributed by atoms with van der Waals surface area (Å²) in [6.07, 6.45) is 4.68. The monoisotopic (exact) mass is 1040 g/mol. The number of aldehydes is 1. The van der Waals surface area contributed by atoms with Crippen LogP contribution in [0.1, 0.15) is 86.5 Å². The average molecular weight is 1040 g/mol. The number of nitrogens with zero attached hydrogens (tertiary/aromatic N) is 2. The molecule has 72 heavy (non-hydrogen) atoms. The standard InChI is InChI=1S/C49H96N6O17/c1-43(54-59)48(3,4)52-15-12-45(13-16-53-49(5,6)44(2)55-60)11-14-50-46(57)9-7-10-47(58)51-17-20-62-22-24-64-26-28-66-30-32-68-34-36-70-38-40-72-42-41-71-39-37-69-35-33-67-31-29-65-27-25-63-23-21-61-19-8-18-56/h18,45,52-53,59-60H,7-17,19-42H2,1-6H3,(H,50,57)(H,51,58)/b54-43-,55-44-. The van der Waals surface area contributed by atoms with E-state index < -0.39 is 11.1 Å². The summed E-state index contributed by atoms with van der Waals surface area (Å²) in [4.78, 5) is 35.0. The lowest BCUT2D eigenvalue weighted by Crippen LogP contribution is -2.47. The van der Waals surface area contributed by atoms with Gasteiger partial charge in [-0.05, 0) is 86.2 Å². The summed E-state index contributed by atoms with van der Waals surface area (Å²) >= 11 is 0. The summed E-state index contributed by atoms with van der Waals surface area (Å²) in [5.41, 5.74) is 0.289. The van der Waals surface area contributed by atoms with Crippen LogP contribution in [0.3, 0.4) is 0 Å². The number of hydrogen-bond acceptors (Lipinski definition) is 21. The Bertz CT molecular complexity index is 1300. The van der Waals surface area contributed by atoms with E-state index in [1.54, 1.807) is 13.8 Å². The normalized spacial score (nSPS) is 12.9. The molecule has 0 unspecified atom stereocenters. The molecule has 0 rings (SSSR count). The van der Waals surface area contributed by atoms with Crippen molar-refractivity contribution in [1.82, 2.24) is 21.3 Å². The fourth-order valence-corrected chi connectivity index (χ4v) is 6.03. The first-order valence-corrected chi connectivity index (χ1v) is 25.7. The average Bonchev–Trinajstić information content (AvgIpc) is 3.36. The van der Waals surface area contributed by atoms with Gasteiger partial charge in [0.15, 0.2) is 0 Å². The largest absolute Gasteiger partial charge is 0.411 e. The molecule has 0 aromatic rings. The smallest absolute Gasteiger partial charge is 0.220 e. The molecule has 0 aliphatic heterocycles. The van der Waals surface area contributed by atoms with Gasteiger partial charge in [-0.1, -0.05) is 10.3 Å². The van der Waals surface area contributed by atoms with Gasteiger partial charge < -0.3 is 93.3 Å². The van der Waals surface area contributed by atoms with E-state index in [0.717, 1.165) is 25.5 Å². The highest BCUT2D eigenvalue weighted by atomic mass is 16.6. The fraction of sp³-hybridized carbons (Fsp3) is 0.898. The van der Waals surface area contributed by atoms with Crippen LogP contribution in [0.25, 0.3) is 0 Å². The zero-order valence-electron chi connectivity index (χ0n) is 44.8. The Labute approximate surface area is 430 Å². The SMILES string of the molecule is C/C(=N/O)C(C)(C)NCCC(CCNC(=O)CCCC(=O)NCCOCCOCCOCCOCCOCCOCCOCCOCCOCCOCCOCCOCCC=O)CCNC(C)(C)/C(C)=N\O. The van der Waals surface area contributed by atoms with E-state index in [4.69, 9.17) is 56.8 Å². The number of amides is 2. The molecule has 0 aliphatic carbocycles. The van der Waals surface area contributed by atoms with Crippen LogP contribution < -0.4 is 21.3 Å². The Kier molecular flexibility index (Phi) is 48.1. The molecule has 0 saturated carbocycles. The molecule has 0 aliphatic rings. The third-order valence-corrected chi connectivity index (χ3v) is 11.1. The summed E-state index contributed by atoms with van der Waals surface area (Å²) < 4.78 is 65.5. The third-order valence-electron chi connectivity index (χ3n) is 11.1. The van der Waals surface area contributed by atoms with Crippen molar-refractivity contribution < 1.29 is 81.6 Å². The van der Waals surface area contributed by atoms with Crippen molar-refractivity contribution in [3.05, 3.63) is 0 Å². The molecule has 0 fully saturated rings. The zero-order chi connectivity index (χ0) is 53.1. The molecule has 0 radical (unpaired) electrons. The third kappa shape index (κ3) is 45.6. The van der Waals surface area contributed by atoms with E-state index in [1.165, 1.54) is 0 Å². The minimum atomic E-state index is -0.451. The van der Waals surface area contributed by atoms with Crippen LogP contribution in [-0.2, 0) is 71.2 Å². The fourth-order valence-electron chi connectivity index (χ4n) is 6.03. The number of oxime groups is 2. The Morgan fingerprint density at radius 3 is 0.986 bits per heavy atom. The number of carbonyl (C=O) groups is 3. The molecule has 0 aromatic heterocycles. The number of hydrogen-bond donors (Lipinski definition) is 6. The lowest BCUT2D eigenvalue weighted by Gasteiger charge is -2.28. The first-order valence-electron chi connectivity index (χ1n) is 25.7. The second-order valence-electron chi connectivity index (χ2n) is 17.6. The summed E-state index contributed by atoms with van der Waals surface area (Å²) in [6, 6.07) is 0. The van der Waals surface area contributed by atoms with Gasteiger partial charge in [-0.3, -0.25) is 9.59 Å². The maximum absolute atomic E-state index is 12.5. The van der Waals surface area contributed by atoms with E-state index >= 15 is 0 Å². The molecule has 23 nitrogen and oxygen atoms in total. The van der Waals surface area contributed by atoms with Crippen molar-refractivity contribution in [3.8, 4) is 0 Å². The van der Waals surface area contributed by atoms with Gasteiger partial charge in [-0.2, -0.15) is 0 Å². The molecular formula is C49H96N6O17. The molecule has 23 heteroatoms. The van der Waals surface area contributed by atoms with Gasteiger partial charge in [0.1, 0.15) is 6.29 Å². The first kappa shape index (κ1) is 69.0. The Morgan fingerprint density at radius 2 is 0.694 bits per heavy atom. The summed E-state index contributed by atoms with van der Waals surface area (Å²) in [5, 5.41) is 37.8. The van der Waals surface area contributed by atoms with Crippen LogP contribution in [0.4, 0.5) is 0 Å². The van der Waals surface area contributed by atoms with Crippen molar-refractivity contribution in [2.45, 2.75) is 97.6 Å². The number of ether oxygens (including phenoxy) is 12. The van der Waals surface area contributed by atoms with Gasteiger partial charge in [0.25, 0.3) is 0 Å². The van der Waals surface area contributed by atoms with Gasteiger partial charge in [0.05, 0.1) is 181 Å². The highest BCUT2D eigenvalue weighted by molar-refractivity contribution is 5.90. The molecule has 6 N–H and O–H groups in total. The predicted octanol–water partition coefficient (Wildman–Crippen LogP) is 2.40. The van der Waals surface area contributed by atoms with Crippen molar-refractivity contribution in [3.63, 3.8) is 0 Å². The predicted molar refractivity (Wildman–Crippen MR) is 272 cm³/mol. The van der Waals surface area contributed by atoms with Crippen LogP contribution in [0, 0.1) is 5.92 Å². The maximum Gasteiger partial charge on any atom is 0.220 e. The molecule has 0 bridgehead atoms. The highest BCUT2D eigenvalue weighted by Gasteiger charge is 2.24. The molecule has 0 spiro atoms. The molecule has 0 heterocycles. The topological polar surface area (TPSA) is 275 Å². The highest BCUT2D eigenvalue weighted by Crippen LogP contribution is 2.15. The van der Waals surface area contributed by atoms with Gasteiger partial charge in [0.2, 0.25) is 11.8 Å². The van der Waals surface area contributed by atoms with Crippen molar-refractivity contribution in [2.24, 2.45) is 16.2 Å². The van der Waals surface area contributed by atoms with Crippen molar-refractivity contribution in [1.29, 1.82) is 0 Å². The quantitative estimate of drug-likeness (QED) is 0.0168. The Morgan fingerprint density at radius 1 is 0.431 bits per heavy atom. The Balaban J connectivity index is 3.59. The number of nitrogens with one attached hydrogen (secondary N) is 4. The van der Waals surface area contributed by atoms with Crippen molar-refractivity contribution in [2.75, 3.05) is 185 Å². The minimum absolute atomic E-state index is 0.0875. The minimum Gasteiger partial charge on any atom is -0.411 e.